The zero-order valence-corrected chi connectivity index (χ0v) is 13.2. The Hall–Kier alpha value is -0.610. The number of hydrogen-bond acceptors (Lipinski definition) is 2. The van der Waals surface area contributed by atoms with Crippen LogP contribution in [0.2, 0.25) is 0 Å². The van der Waals surface area contributed by atoms with Crippen LogP contribution in [0.5, 0.6) is 0 Å². The Balaban J connectivity index is 2.18. The predicted octanol–water partition coefficient (Wildman–Crippen LogP) is 3.80. The van der Waals surface area contributed by atoms with Crippen LogP contribution in [-0.2, 0) is 0 Å². The van der Waals surface area contributed by atoms with E-state index in [-0.39, 0.29) is 5.82 Å². The van der Waals surface area contributed by atoms with Gasteiger partial charge in [-0.15, -0.1) is 0 Å². The van der Waals surface area contributed by atoms with E-state index in [0.717, 1.165) is 36.9 Å². The number of anilines is 1. The van der Waals surface area contributed by atoms with Crippen molar-refractivity contribution in [3.05, 3.63) is 28.5 Å². The van der Waals surface area contributed by atoms with Crippen LogP contribution >= 0.6 is 15.9 Å². The number of rotatable bonds is 3. The van der Waals surface area contributed by atoms with Gasteiger partial charge in [0, 0.05) is 23.6 Å². The van der Waals surface area contributed by atoms with Gasteiger partial charge in [0.05, 0.1) is 5.69 Å². The normalized spacial score (nSPS) is 20.7. The van der Waals surface area contributed by atoms with Gasteiger partial charge < -0.3 is 10.2 Å². The molecule has 1 atom stereocenters. The van der Waals surface area contributed by atoms with E-state index >= 15 is 0 Å². The van der Waals surface area contributed by atoms with E-state index in [4.69, 9.17) is 0 Å². The highest BCUT2D eigenvalue weighted by Gasteiger charge is 2.22. The van der Waals surface area contributed by atoms with Gasteiger partial charge in [-0.1, -0.05) is 19.9 Å². The molecular weight excluding hydrogens is 307 g/mol. The molecule has 0 saturated carbocycles. The first kappa shape index (κ1) is 14.8. The van der Waals surface area contributed by atoms with Gasteiger partial charge in [0.2, 0.25) is 0 Å². The largest absolute Gasteiger partial charge is 0.367 e. The molecule has 1 heterocycles. The van der Waals surface area contributed by atoms with Crippen molar-refractivity contribution in [3.8, 4) is 0 Å². The lowest BCUT2D eigenvalue weighted by Crippen LogP contribution is -2.39. The Kier molecular flexibility index (Phi) is 5.22. The van der Waals surface area contributed by atoms with Crippen molar-refractivity contribution in [1.29, 1.82) is 0 Å². The van der Waals surface area contributed by atoms with Crippen LogP contribution in [0.4, 0.5) is 10.1 Å². The second kappa shape index (κ2) is 6.71. The molecule has 2 nitrogen and oxygen atoms in total. The van der Waals surface area contributed by atoms with Crippen molar-refractivity contribution < 1.29 is 4.39 Å². The summed E-state index contributed by atoms with van der Waals surface area (Å²) in [6.07, 6.45) is 2.18. The molecule has 1 aliphatic heterocycles. The molecule has 106 valence electrons. The van der Waals surface area contributed by atoms with Crippen molar-refractivity contribution >= 4 is 21.6 Å². The summed E-state index contributed by atoms with van der Waals surface area (Å²) < 4.78 is 14.9. The van der Waals surface area contributed by atoms with E-state index in [0.29, 0.717) is 17.6 Å². The van der Waals surface area contributed by atoms with Crippen molar-refractivity contribution in [2.24, 2.45) is 5.92 Å². The summed E-state index contributed by atoms with van der Waals surface area (Å²) >= 11 is 3.48. The lowest BCUT2D eigenvalue weighted by Gasteiger charge is -2.28. The van der Waals surface area contributed by atoms with E-state index in [1.165, 1.54) is 6.07 Å². The summed E-state index contributed by atoms with van der Waals surface area (Å²) in [4.78, 5) is 2.17. The fourth-order valence-corrected chi connectivity index (χ4v) is 3.31. The Morgan fingerprint density at radius 1 is 1.47 bits per heavy atom. The van der Waals surface area contributed by atoms with Crippen LogP contribution in [0.25, 0.3) is 0 Å². The highest BCUT2D eigenvalue weighted by atomic mass is 79.9. The molecule has 1 unspecified atom stereocenters. The third-order valence-corrected chi connectivity index (χ3v) is 4.13. The Morgan fingerprint density at radius 3 is 2.95 bits per heavy atom. The van der Waals surface area contributed by atoms with E-state index in [2.05, 4.69) is 40.0 Å². The molecule has 0 spiro atoms. The SMILES string of the molecule is CC(C)CC1CN(c2c(F)cccc2Br)CCCN1. The Morgan fingerprint density at radius 2 is 2.26 bits per heavy atom. The highest BCUT2D eigenvalue weighted by molar-refractivity contribution is 9.10. The molecule has 1 aromatic rings. The molecule has 1 aromatic carbocycles. The summed E-state index contributed by atoms with van der Waals surface area (Å²) in [6.45, 7) is 7.25. The molecule has 2 rings (SSSR count). The Labute approximate surface area is 123 Å². The van der Waals surface area contributed by atoms with Crippen LogP contribution in [-0.4, -0.2) is 25.7 Å². The first-order valence-electron chi connectivity index (χ1n) is 7.00. The van der Waals surface area contributed by atoms with Crippen molar-refractivity contribution in [3.63, 3.8) is 0 Å². The lowest BCUT2D eigenvalue weighted by molar-refractivity contribution is 0.435. The smallest absolute Gasteiger partial charge is 0.147 e. The molecular formula is C15H22BrFN2. The van der Waals surface area contributed by atoms with Crippen LogP contribution in [0.15, 0.2) is 22.7 Å². The lowest BCUT2D eigenvalue weighted by atomic mass is 10.0. The minimum atomic E-state index is -0.139. The molecule has 4 heteroatoms. The van der Waals surface area contributed by atoms with Crippen molar-refractivity contribution in [2.45, 2.75) is 32.7 Å². The number of hydrogen-bond donors (Lipinski definition) is 1. The maximum absolute atomic E-state index is 14.1. The summed E-state index contributed by atoms with van der Waals surface area (Å²) in [6, 6.07) is 5.63. The van der Waals surface area contributed by atoms with E-state index in [9.17, 15) is 4.39 Å². The third-order valence-electron chi connectivity index (χ3n) is 3.49. The number of para-hydroxylation sites is 1. The fraction of sp³-hybridized carbons (Fsp3) is 0.600. The number of halogens is 2. The zero-order chi connectivity index (χ0) is 13.8. The van der Waals surface area contributed by atoms with Crippen LogP contribution in [0.3, 0.4) is 0 Å². The molecule has 1 N–H and O–H groups in total. The molecule has 1 saturated heterocycles. The predicted molar refractivity (Wildman–Crippen MR) is 82.2 cm³/mol. The molecule has 1 fully saturated rings. The molecule has 1 aliphatic rings. The van der Waals surface area contributed by atoms with Gasteiger partial charge in [0.15, 0.2) is 0 Å². The number of nitrogens with zero attached hydrogens (tertiary/aromatic N) is 1. The van der Waals surface area contributed by atoms with Gasteiger partial charge in [-0.25, -0.2) is 4.39 Å². The molecule has 0 amide bonds. The van der Waals surface area contributed by atoms with Gasteiger partial charge >= 0.3 is 0 Å². The second-order valence-corrected chi connectivity index (χ2v) is 6.50. The monoisotopic (exact) mass is 328 g/mol. The molecule has 0 aliphatic carbocycles. The second-order valence-electron chi connectivity index (χ2n) is 5.65. The summed E-state index contributed by atoms with van der Waals surface area (Å²) in [7, 11) is 0. The zero-order valence-electron chi connectivity index (χ0n) is 11.6. The third kappa shape index (κ3) is 3.93. The number of benzene rings is 1. The van der Waals surface area contributed by atoms with Crippen LogP contribution in [0, 0.1) is 11.7 Å². The molecule has 0 radical (unpaired) electrons. The van der Waals surface area contributed by atoms with E-state index in [1.54, 1.807) is 6.07 Å². The minimum Gasteiger partial charge on any atom is -0.367 e. The fourth-order valence-electron chi connectivity index (χ4n) is 2.72. The maximum atomic E-state index is 14.1. The molecule has 19 heavy (non-hydrogen) atoms. The average molecular weight is 329 g/mol. The van der Waals surface area contributed by atoms with Gasteiger partial charge in [0.25, 0.3) is 0 Å². The molecule has 0 aromatic heterocycles. The summed E-state index contributed by atoms with van der Waals surface area (Å²) in [5.41, 5.74) is 0.708. The number of nitrogens with one attached hydrogen (secondary N) is 1. The van der Waals surface area contributed by atoms with Crippen molar-refractivity contribution in [2.75, 3.05) is 24.5 Å². The first-order chi connectivity index (χ1) is 9.08. The van der Waals surface area contributed by atoms with Crippen molar-refractivity contribution in [1.82, 2.24) is 5.32 Å². The van der Waals surface area contributed by atoms with Crippen LogP contribution < -0.4 is 10.2 Å². The van der Waals surface area contributed by atoms with Crippen LogP contribution in [0.1, 0.15) is 26.7 Å². The quantitative estimate of drug-likeness (QED) is 0.907. The van der Waals surface area contributed by atoms with Gasteiger partial charge in [-0.05, 0) is 53.4 Å². The average Bonchev–Trinajstić information content (AvgIpc) is 2.54. The Bertz CT molecular complexity index is 402. The highest BCUT2D eigenvalue weighted by Crippen LogP contribution is 2.30. The standard InChI is InChI=1S/C15H22BrFN2/c1-11(2)9-12-10-19(8-4-7-18-12)15-13(16)5-3-6-14(15)17/h3,5-6,11-12,18H,4,7-10H2,1-2H3. The van der Waals surface area contributed by atoms with Gasteiger partial charge in [0.1, 0.15) is 5.82 Å². The summed E-state index contributed by atoms with van der Waals surface area (Å²) in [5, 5.41) is 3.57. The topological polar surface area (TPSA) is 15.3 Å². The van der Waals surface area contributed by atoms with E-state index < -0.39 is 0 Å². The van der Waals surface area contributed by atoms with Gasteiger partial charge in [-0.3, -0.25) is 0 Å². The first-order valence-corrected chi connectivity index (χ1v) is 7.79. The maximum Gasteiger partial charge on any atom is 0.147 e. The van der Waals surface area contributed by atoms with Gasteiger partial charge in [-0.2, -0.15) is 0 Å². The summed E-state index contributed by atoms with van der Waals surface area (Å²) in [5.74, 6) is 0.515. The molecule has 0 bridgehead atoms. The van der Waals surface area contributed by atoms with E-state index in [1.807, 2.05) is 6.07 Å². The minimum absolute atomic E-state index is 0.139.